The summed E-state index contributed by atoms with van der Waals surface area (Å²) in [6, 6.07) is 19.7. The average Bonchev–Trinajstić information content (AvgIpc) is 2.99. The van der Waals surface area contributed by atoms with Crippen molar-refractivity contribution < 1.29 is 4.57 Å². The van der Waals surface area contributed by atoms with Gasteiger partial charge in [0.05, 0.1) is 27.3 Å². The number of aromatic nitrogens is 2. The lowest BCUT2D eigenvalue weighted by Gasteiger charge is -2.12. The van der Waals surface area contributed by atoms with Gasteiger partial charge in [-0.2, -0.15) is 0 Å². The SMILES string of the molecule is Cc1ccc2c3cccc(S)c3n3c4cccc5cc[n+](C)c(c1c23)c54. The summed E-state index contributed by atoms with van der Waals surface area (Å²) in [7, 11) is 2.15. The molecule has 0 saturated carbocycles. The minimum atomic E-state index is 1.02. The number of para-hydroxylation sites is 1. The predicted molar refractivity (Wildman–Crippen MR) is 112 cm³/mol. The minimum absolute atomic E-state index is 1.02. The van der Waals surface area contributed by atoms with Crippen molar-refractivity contribution in [2.75, 3.05) is 0 Å². The number of benzene rings is 3. The normalized spacial score (nSPS) is 12.4. The molecule has 0 amide bonds. The van der Waals surface area contributed by atoms with Crippen LogP contribution in [0.1, 0.15) is 5.56 Å². The van der Waals surface area contributed by atoms with Gasteiger partial charge in [0.2, 0.25) is 5.52 Å². The number of hydrogen-bond donors (Lipinski definition) is 1. The molecular weight excluding hydrogens is 336 g/mol. The van der Waals surface area contributed by atoms with Gasteiger partial charge in [0.15, 0.2) is 6.20 Å². The molecule has 0 unspecified atom stereocenters. The molecule has 6 aromatic rings. The van der Waals surface area contributed by atoms with Crippen molar-refractivity contribution in [3.05, 3.63) is 66.4 Å². The molecule has 0 fully saturated rings. The van der Waals surface area contributed by atoms with Crippen LogP contribution in [0.5, 0.6) is 0 Å². The van der Waals surface area contributed by atoms with Gasteiger partial charge in [-0.05, 0) is 30.0 Å². The Morgan fingerprint density at radius 1 is 0.846 bits per heavy atom. The van der Waals surface area contributed by atoms with E-state index in [4.69, 9.17) is 12.6 Å². The van der Waals surface area contributed by atoms with Crippen LogP contribution in [0.25, 0.3) is 49.0 Å². The van der Waals surface area contributed by atoms with E-state index in [0.717, 1.165) is 4.90 Å². The van der Waals surface area contributed by atoms with Gasteiger partial charge in [-0.1, -0.05) is 36.4 Å². The zero-order valence-corrected chi connectivity index (χ0v) is 15.5. The Balaban J connectivity index is 2.18. The van der Waals surface area contributed by atoms with E-state index in [1.54, 1.807) is 0 Å². The fourth-order valence-electron chi connectivity index (χ4n) is 4.66. The number of thiol groups is 1. The van der Waals surface area contributed by atoms with Crippen molar-refractivity contribution in [2.45, 2.75) is 11.8 Å². The Morgan fingerprint density at radius 3 is 2.54 bits per heavy atom. The van der Waals surface area contributed by atoms with Gasteiger partial charge in [-0.15, -0.1) is 12.6 Å². The fourth-order valence-corrected chi connectivity index (χ4v) is 4.97. The summed E-state index contributed by atoms with van der Waals surface area (Å²) in [4.78, 5) is 1.02. The fraction of sp³-hybridized carbons (Fsp3) is 0.0870. The molecule has 0 aliphatic rings. The van der Waals surface area contributed by atoms with E-state index in [9.17, 15) is 0 Å². The van der Waals surface area contributed by atoms with E-state index >= 15 is 0 Å². The topological polar surface area (TPSA) is 8.29 Å². The van der Waals surface area contributed by atoms with Crippen molar-refractivity contribution in [1.82, 2.24) is 4.40 Å². The number of aryl methyl sites for hydroxylation is 2. The van der Waals surface area contributed by atoms with Gasteiger partial charge in [0.1, 0.15) is 7.05 Å². The summed E-state index contributed by atoms with van der Waals surface area (Å²) in [5, 5.41) is 6.48. The Bertz CT molecular complexity index is 1510. The molecule has 0 atom stereocenters. The largest absolute Gasteiger partial charge is 0.306 e. The zero-order valence-electron chi connectivity index (χ0n) is 14.6. The second kappa shape index (κ2) is 4.68. The molecule has 0 aliphatic heterocycles. The molecule has 6 rings (SSSR count). The lowest BCUT2D eigenvalue weighted by molar-refractivity contribution is -0.643. The Hall–Kier alpha value is -2.78. The molecule has 124 valence electrons. The lowest BCUT2D eigenvalue weighted by atomic mass is 10.00. The molecule has 0 aliphatic carbocycles. The van der Waals surface area contributed by atoms with Crippen molar-refractivity contribution in [1.29, 1.82) is 0 Å². The first-order valence-corrected chi connectivity index (χ1v) is 9.29. The third-order valence-electron chi connectivity index (χ3n) is 5.76. The maximum absolute atomic E-state index is 4.81. The van der Waals surface area contributed by atoms with E-state index in [-0.39, 0.29) is 0 Å². The summed E-state index contributed by atoms with van der Waals surface area (Å²) in [6.07, 6.45) is 2.17. The molecule has 3 aromatic heterocycles. The maximum atomic E-state index is 4.81. The lowest BCUT2D eigenvalue weighted by Crippen LogP contribution is -2.28. The third-order valence-corrected chi connectivity index (χ3v) is 6.12. The molecule has 3 heteroatoms. The summed E-state index contributed by atoms with van der Waals surface area (Å²) < 4.78 is 4.68. The number of hydrogen-bond acceptors (Lipinski definition) is 1. The highest BCUT2D eigenvalue weighted by atomic mass is 32.1. The second-order valence-corrected chi connectivity index (χ2v) is 7.66. The molecule has 3 aromatic carbocycles. The summed E-state index contributed by atoms with van der Waals surface area (Å²) in [5.41, 5.74) is 6.34. The first-order valence-electron chi connectivity index (χ1n) is 8.84. The Morgan fingerprint density at radius 2 is 1.65 bits per heavy atom. The van der Waals surface area contributed by atoms with Crippen LogP contribution in [0.3, 0.4) is 0 Å². The van der Waals surface area contributed by atoms with E-state index in [1.165, 1.54) is 54.6 Å². The van der Waals surface area contributed by atoms with Crippen molar-refractivity contribution in [2.24, 2.45) is 7.05 Å². The molecule has 0 N–H and O–H groups in total. The molecule has 26 heavy (non-hydrogen) atoms. The van der Waals surface area contributed by atoms with Crippen molar-refractivity contribution in [3.63, 3.8) is 0 Å². The molecule has 0 bridgehead atoms. The number of pyridine rings is 2. The van der Waals surface area contributed by atoms with Gasteiger partial charge in [0.25, 0.3) is 0 Å². The van der Waals surface area contributed by atoms with Crippen LogP contribution < -0.4 is 4.57 Å². The van der Waals surface area contributed by atoms with Gasteiger partial charge >= 0.3 is 0 Å². The average molecular weight is 353 g/mol. The van der Waals surface area contributed by atoms with Gasteiger partial charge in [-0.25, -0.2) is 4.57 Å². The van der Waals surface area contributed by atoms with Crippen LogP contribution in [-0.4, -0.2) is 4.40 Å². The smallest absolute Gasteiger partial charge is 0.224 e. The van der Waals surface area contributed by atoms with Crippen molar-refractivity contribution >= 4 is 61.6 Å². The van der Waals surface area contributed by atoms with Gasteiger partial charge < -0.3 is 4.40 Å². The summed E-state index contributed by atoms with van der Waals surface area (Å²) in [6.45, 7) is 2.21. The van der Waals surface area contributed by atoms with Crippen LogP contribution in [0.2, 0.25) is 0 Å². The maximum Gasteiger partial charge on any atom is 0.224 e. The zero-order chi connectivity index (χ0) is 17.6. The number of fused-ring (bicyclic) bond motifs is 5. The van der Waals surface area contributed by atoms with E-state index in [0.29, 0.717) is 0 Å². The predicted octanol–water partition coefficient (Wildman–Crippen LogP) is 5.41. The first kappa shape index (κ1) is 14.4. The van der Waals surface area contributed by atoms with Crippen LogP contribution in [0.15, 0.2) is 65.7 Å². The highest BCUT2D eigenvalue weighted by Crippen LogP contribution is 2.41. The minimum Gasteiger partial charge on any atom is -0.306 e. The third kappa shape index (κ3) is 1.53. The molecule has 0 saturated heterocycles. The molecular formula is C23H17N2S+. The first-order chi connectivity index (χ1) is 12.7. The van der Waals surface area contributed by atoms with E-state index in [2.05, 4.69) is 83.7 Å². The monoisotopic (exact) mass is 353 g/mol. The van der Waals surface area contributed by atoms with Crippen LogP contribution in [0.4, 0.5) is 0 Å². The van der Waals surface area contributed by atoms with Gasteiger partial charge in [0, 0.05) is 21.7 Å². The summed E-state index contributed by atoms with van der Waals surface area (Å²) >= 11 is 4.81. The Labute approximate surface area is 156 Å². The molecule has 2 nitrogen and oxygen atoms in total. The standard InChI is InChI=1S/C23H16N2S/c1-13-9-10-16-15-6-4-8-18(26)21(15)25-17-7-3-5-14-11-12-24(2)23(20(14)17)19(13)22(16)25/h3-12H,1-2H3/p+1. The number of nitrogens with zero attached hydrogens (tertiary/aromatic N) is 2. The molecule has 3 heterocycles. The van der Waals surface area contributed by atoms with Crippen LogP contribution >= 0.6 is 12.6 Å². The highest BCUT2D eigenvalue weighted by Gasteiger charge is 2.23. The second-order valence-electron chi connectivity index (χ2n) is 7.18. The highest BCUT2D eigenvalue weighted by molar-refractivity contribution is 7.80. The quantitative estimate of drug-likeness (QED) is 0.162. The van der Waals surface area contributed by atoms with Crippen molar-refractivity contribution in [3.8, 4) is 0 Å². The molecule has 0 spiro atoms. The van der Waals surface area contributed by atoms with Crippen LogP contribution in [0, 0.1) is 6.92 Å². The van der Waals surface area contributed by atoms with Gasteiger partial charge in [-0.3, -0.25) is 0 Å². The Kier molecular flexibility index (Phi) is 2.59. The summed E-state index contributed by atoms with van der Waals surface area (Å²) in [5.74, 6) is 0. The molecule has 0 radical (unpaired) electrons. The number of rotatable bonds is 0. The van der Waals surface area contributed by atoms with E-state index in [1.807, 2.05) is 0 Å². The van der Waals surface area contributed by atoms with Crippen LogP contribution in [-0.2, 0) is 7.05 Å². The van der Waals surface area contributed by atoms with E-state index < -0.39 is 0 Å².